The van der Waals surface area contributed by atoms with Gasteiger partial charge in [0.2, 0.25) is 0 Å². The fourth-order valence-electron chi connectivity index (χ4n) is 0.865. The Bertz CT molecular complexity index is 290. The zero-order chi connectivity index (χ0) is 8.43. The molecule has 1 radical (unpaired) electrons. The molecule has 0 amide bonds. The Morgan fingerprint density at radius 2 is 2.18 bits per heavy atom. The molecule has 0 spiro atoms. The zero-order valence-electron chi connectivity index (χ0n) is 6.29. The number of phenols is 1. The molecule has 0 aromatic heterocycles. The molecule has 0 atom stereocenters. The molecule has 2 heteroatoms. The summed E-state index contributed by atoms with van der Waals surface area (Å²) in [5.41, 5.74) is 1.06. The molecular weight excluding hydrogens is 140 g/mol. The summed E-state index contributed by atoms with van der Waals surface area (Å²) in [6.07, 6.45) is 0. The van der Waals surface area contributed by atoms with Gasteiger partial charge in [-0.1, -0.05) is 6.07 Å². The second-order valence-electron chi connectivity index (χ2n) is 2.41. The minimum absolute atomic E-state index is 0.0184. The van der Waals surface area contributed by atoms with Crippen LogP contribution in [0, 0.1) is 6.92 Å². The Kier molecular flexibility index (Phi) is 1.94. The Labute approximate surface area is 65.5 Å². The number of hydrogen-bond donors (Lipinski definition) is 1. The lowest BCUT2D eigenvalue weighted by Gasteiger charge is -2.00. The van der Waals surface area contributed by atoms with Crippen molar-refractivity contribution in [3.05, 3.63) is 36.2 Å². The molecule has 1 aromatic rings. The molecule has 1 aromatic carbocycles. The predicted octanol–water partition coefficient (Wildman–Crippen LogP) is 1.78. The van der Waals surface area contributed by atoms with Gasteiger partial charge in [0.05, 0.1) is 5.56 Å². The number of hydrogen-bond acceptors (Lipinski definition) is 2. The van der Waals surface area contributed by atoms with E-state index in [0.717, 1.165) is 5.56 Å². The van der Waals surface area contributed by atoms with Gasteiger partial charge >= 0.3 is 0 Å². The van der Waals surface area contributed by atoms with Crippen molar-refractivity contribution in [3.8, 4) is 5.75 Å². The zero-order valence-corrected chi connectivity index (χ0v) is 6.29. The average molecular weight is 149 g/mol. The maximum absolute atomic E-state index is 10.8. The van der Waals surface area contributed by atoms with Crippen LogP contribution in [0.3, 0.4) is 0 Å². The number of carbonyl (C=O) groups excluding carboxylic acids is 1. The molecule has 0 aliphatic rings. The summed E-state index contributed by atoms with van der Waals surface area (Å²) in [6.45, 7) is 5.05. The van der Waals surface area contributed by atoms with Crippen molar-refractivity contribution < 1.29 is 9.90 Å². The van der Waals surface area contributed by atoms with E-state index >= 15 is 0 Å². The molecular formula is C9H9O2. The van der Waals surface area contributed by atoms with Crippen molar-refractivity contribution in [3.63, 3.8) is 0 Å². The van der Waals surface area contributed by atoms with Crippen LogP contribution in [0.4, 0.5) is 0 Å². The van der Waals surface area contributed by atoms with Gasteiger partial charge in [-0.3, -0.25) is 4.79 Å². The van der Waals surface area contributed by atoms with Gasteiger partial charge in [0.1, 0.15) is 5.75 Å². The molecule has 0 heterocycles. The highest BCUT2D eigenvalue weighted by molar-refractivity contribution is 5.96. The number of benzene rings is 1. The molecule has 11 heavy (non-hydrogen) atoms. The Balaban J connectivity index is 3.23. The van der Waals surface area contributed by atoms with Crippen molar-refractivity contribution in [2.45, 2.75) is 6.92 Å². The molecule has 0 unspecified atom stereocenters. The van der Waals surface area contributed by atoms with Crippen LogP contribution in [-0.2, 0) is 0 Å². The third kappa shape index (κ3) is 1.58. The Morgan fingerprint density at radius 1 is 1.55 bits per heavy atom. The number of ketones is 1. The lowest BCUT2D eigenvalue weighted by atomic mass is 10.1. The third-order valence-corrected chi connectivity index (χ3v) is 1.44. The number of rotatable bonds is 1. The first kappa shape index (κ1) is 7.79. The summed E-state index contributed by atoms with van der Waals surface area (Å²) in [5.74, 6) is -0.127. The quantitative estimate of drug-likeness (QED) is 0.618. The average Bonchev–Trinajstić information content (AvgIpc) is 1.94. The van der Waals surface area contributed by atoms with Gasteiger partial charge in [0.15, 0.2) is 5.78 Å². The highest BCUT2D eigenvalue weighted by Gasteiger charge is 2.04. The maximum Gasteiger partial charge on any atom is 0.163 e. The van der Waals surface area contributed by atoms with E-state index < -0.39 is 0 Å². The largest absolute Gasteiger partial charge is 0.507 e. The van der Waals surface area contributed by atoms with E-state index in [1.165, 1.54) is 13.0 Å². The molecule has 0 aliphatic carbocycles. The molecule has 1 N–H and O–H groups in total. The Morgan fingerprint density at radius 3 is 2.64 bits per heavy atom. The van der Waals surface area contributed by atoms with Crippen LogP contribution in [0.25, 0.3) is 0 Å². The van der Waals surface area contributed by atoms with E-state index in [2.05, 4.69) is 6.92 Å². The lowest BCUT2D eigenvalue weighted by molar-refractivity contribution is 0.101. The summed E-state index contributed by atoms with van der Waals surface area (Å²) >= 11 is 0. The van der Waals surface area contributed by atoms with E-state index in [1.54, 1.807) is 12.1 Å². The molecule has 0 bridgehead atoms. The number of Topliss-reactive ketones (excluding diaryl/α,β-unsaturated/α-hetero) is 1. The van der Waals surface area contributed by atoms with Crippen molar-refractivity contribution >= 4 is 5.78 Å². The minimum atomic E-state index is -0.145. The van der Waals surface area contributed by atoms with Crippen LogP contribution in [0.1, 0.15) is 22.8 Å². The van der Waals surface area contributed by atoms with Crippen LogP contribution in [-0.4, -0.2) is 10.9 Å². The third-order valence-electron chi connectivity index (χ3n) is 1.44. The first-order chi connectivity index (χ1) is 5.11. The van der Waals surface area contributed by atoms with Crippen LogP contribution in [0.5, 0.6) is 5.75 Å². The van der Waals surface area contributed by atoms with Crippen LogP contribution < -0.4 is 0 Å². The number of carbonyl (C=O) groups is 1. The summed E-state index contributed by atoms with van der Waals surface area (Å²) in [7, 11) is 0. The van der Waals surface area contributed by atoms with Gasteiger partial charge in [-0.15, -0.1) is 0 Å². The molecule has 57 valence electrons. The first-order valence-corrected chi connectivity index (χ1v) is 3.27. The lowest BCUT2D eigenvalue weighted by Crippen LogP contribution is -1.92. The Hall–Kier alpha value is -1.31. The van der Waals surface area contributed by atoms with Crippen LogP contribution >= 0.6 is 0 Å². The summed E-state index contributed by atoms with van der Waals surface area (Å²) < 4.78 is 0. The second kappa shape index (κ2) is 2.74. The van der Waals surface area contributed by atoms with Gasteiger partial charge < -0.3 is 5.11 Å². The normalized spacial score (nSPS) is 9.64. The van der Waals surface area contributed by atoms with E-state index in [-0.39, 0.29) is 11.5 Å². The molecule has 0 saturated heterocycles. The SMILES string of the molecule is [CH2]c1ccc(O)c(C(C)=O)c1. The summed E-state index contributed by atoms with van der Waals surface area (Å²) in [6, 6.07) is 4.69. The van der Waals surface area contributed by atoms with E-state index in [0.29, 0.717) is 5.56 Å². The molecule has 2 nitrogen and oxygen atoms in total. The van der Waals surface area contributed by atoms with Crippen molar-refractivity contribution in [2.24, 2.45) is 0 Å². The van der Waals surface area contributed by atoms with E-state index in [9.17, 15) is 4.79 Å². The van der Waals surface area contributed by atoms with Gasteiger partial charge in [-0.05, 0) is 31.5 Å². The fraction of sp³-hybridized carbons (Fsp3) is 0.111. The topological polar surface area (TPSA) is 37.3 Å². The van der Waals surface area contributed by atoms with Crippen molar-refractivity contribution in [1.82, 2.24) is 0 Å². The van der Waals surface area contributed by atoms with E-state index in [1.807, 2.05) is 0 Å². The number of aromatic hydroxyl groups is 1. The van der Waals surface area contributed by atoms with Crippen molar-refractivity contribution in [2.75, 3.05) is 0 Å². The van der Waals surface area contributed by atoms with Crippen LogP contribution in [0.2, 0.25) is 0 Å². The monoisotopic (exact) mass is 149 g/mol. The van der Waals surface area contributed by atoms with Gasteiger partial charge in [-0.25, -0.2) is 0 Å². The van der Waals surface area contributed by atoms with Crippen LogP contribution in [0.15, 0.2) is 18.2 Å². The van der Waals surface area contributed by atoms with Gasteiger partial charge in [0.25, 0.3) is 0 Å². The standard InChI is InChI=1S/C9H9O2/c1-6-3-4-9(11)8(5-6)7(2)10/h3-5,11H,1H2,2H3. The summed E-state index contributed by atoms with van der Waals surface area (Å²) in [4.78, 5) is 10.8. The predicted molar refractivity (Wildman–Crippen MR) is 42.6 cm³/mol. The highest BCUT2D eigenvalue weighted by Crippen LogP contribution is 2.17. The van der Waals surface area contributed by atoms with E-state index in [4.69, 9.17) is 5.11 Å². The van der Waals surface area contributed by atoms with Crippen molar-refractivity contribution in [1.29, 1.82) is 0 Å². The molecule has 0 fully saturated rings. The second-order valence-corrected chi connectivity index (χ2v) is 2.41. The number of phenolic OH excluding ortho intramolecular Hbond substituents is 1. The van der Waals surface area contributed by atoms with Gasteiger partial charge in [-0.2, -0.15) is 0 Å². The van der Waals surface area contributed by atoms with Gasteiger partial charge in [0, 0.05) is 0 Å². The minimum Gasteiger partial charge on any atom is -0.507 e. The first-order valence-electron chi connectivity index (χ1n) is 3.27. The molecule has 1 rings (SSSR count). The highest BCUT2D eigenvalue weighted by atomic mass is 16.3. The maximum atomic E-state index is 10.8. The molecule has 0 saturated carbocycles. The smallest absolute Gasteiger partial charge is 0.163 e. The fourth-order valence-corrected chi connectivity index (χ4v) is 0.865. The molecule has 0 aliphatic heterocycles. The summed E-state index contributed by atoms with van der Waals surface area (Å²) in [5, 5.41) is 9.16.